The highest BCUT2D eigenvalue weighted by molar-refractivity contribution is 7.89. The summed E-state index contributed by atoms with van der Waals surface area (Å²) in [4.78, 5) is 11.9. The first-order valence-electron chi connectivity index (χ1n) is 6.33. The van der Waals surface area contributed by atoms with Crippen LogP contribution in [0.15, 0.2) is 36.4 Å². The molecule has 0 saturated heterocycles. The zero-order chi connectivity index (χ0) is 14.9. The summed E-state index contributed by atoms with van der Waals surface area (Å²) in [6.07, 6.45) is 0. The number of ether oxygens (including phenoxy) is 1. The van der Waals surface area contributed by atoms with E-state index in [0.29, 0.717) is 24.6 Å². The molecular formula is C13H13N3O4S. The van der Waals surface area contributed by atoms with Gasteiger partial charge in [0.2, 0.25) is 15.9 Å². The Kier molecular flexibility index (Phi) is 3.38. The Morgan fingerprint density at radius 2 is 2.10 bits per heavy atom. The third kappa shape index (κ3) is 3.05. The van der Waals surface area contributed by atoms with Crippen LogP contribution >= 0.6 is 0 Å². The summed E-state index contributed by atoms with van der Waals surface area (Å²) in [5.74, 6) is -0.541. The van der Waals surface area contributed by atoms with Gasteiger partial charge in [0.15, 0.2) is 5.69 Å². The van der Waals surface area contributed by atoms with Crippen LogP contribution in [0.2, 0.25) is 0 Å². The van der Waals surface area contributed by atoms with Crippen molar-refractivity contribution in [2.24, 2.45) is 0 Å². The van der Waals surface area contributed by atoms with E-state index in [9.17, 15) is 13.2 Å². The van der Waals surface area contributed by atoms with Gasteiger partial charge >= 0.3 is 0 Å². The fourth-order valence-corrected chi connectivity index (χ4v) is 3.14. The Labute approximate surface area is 121 Å². The second-order valence-electron chi connectivity index (χ2n) is 4.62. The van der Waals surface area contributed by atoms with Crippen LogP contribution in [0.1, 0.15) is 16.1 Å². The number of nitrogens with one attached hydrogen (secondary N) is 1. The molecule has 0 bridgehead atoms. The molecule has 21 heavy (non-hydrogen) atoms. The maximum atomic E-state index is 12.0. The number of fused-ring (bicyclic) bond motifs is 1. The molecule has 0 fully saturated rings. The zero-order valence-corrected chi connectivity index (χ0v) is 11.8. The minimum absolute atomic E-state index is 0.0290. The van der Waals surface area contributed by atoms with E-state index < -0.39 is 15.9 Å². The number of carbonyl (C=O) groups is 1. The number of nitrogens with zero attached hydrogens (tertiary/aromatic N) is 2. The molecular weight excluding hydrogens is 294 g/mol. The fourth-order valence-electron chi connectivity index (χ4n) is 2.05. The normalized spacial score (nSPS) is 13.5. The van der Waals surface area contributed by atoms with Gasteiger partial charge in [-0.15, -0.1) is 0 Å². The van der Waals surface area contributed by atoms with E-state index in [4.69, 9.17) is 4.74 Å². The highest BCUT2D eigenvalue weighted by Gasteiger charge is 2.22. The Balaban J connectivity index is 1.71. The number of carbonyl (C=O) groups excluding carboxylic acids is 1. The molecule has 2 aromatic rings. The first kappa shape index (κ1) is 13.6. The largest absolute Gasteiger partial charge is 0.476 e. The summed E-state index contributed by atoms with van der Waals surface area (Å²) < 4.78 is 32.7. The average Bonchev–Trinajstić information content (AvgIpc) is 2.99. The number of hydrogen-bond acceptors (Lipinski definition) is 5. The lowest BCUT2D eigenvalue weighted by atomic mass is 10.2. The predicted octanol–water partition coefficient (Wildman–Crippen LogP) is 0.535. The van der Waals surface area contributed by atoms with Crippen molar-refractivity contribution in [2.75, 3.05) is 6.61 Å². The lowest BCUT2D eigenvalue weighted by Gasteiger charge is -2.05. The van der Waals surface area contributed by atoms with Gasteiger partial charge in [-0.25, -0.2) is 17.8 Å². The van der Waals surface area contributed by atoms with Crippen LogP contribution in [0.3, 0.4) is 0 Å². The van der Waals surface area contributed by atoms with Crippen molar-refractivity contribution >= 4 is 15.9 Å². The fraction of sp³-hybridized carbons (Fsp3) is 0.231. The van der Waals surface area contributed by atoms with Crippen molar-refractivity contribution in [3.8, 4) is 5.88 Å². The molecule has 1 aromatic carbocycles. The van der Waals surface area contributed by atoms with Crippen molar-refractivity contribution in [1.29, 1.82) is 0 Å². The van der Waals surface area contributed by atoms with Gasteiger partial charge in [0.25, 0.3) is 5.91 Å². The Bertz CT molecular complexity index is 746. The van der Waals surface area contributed by atoms with Crippen LogP contribution < -0.4 is 9.46 Å². The standard InChI is InChI=1S/C13H13N3O4S/c17-13(11-8-12-16(14-11)6-7-20-12)15-21(18,19)9-10-4-2-1-3-5-10/h1-5,8H,6-7,9H2,(H,15,17). The molecule has 0 aliphatic carbocycles. The average molecular weight is 307 g/mol. The van der Waals surface area contributed by atoms with E-state index >= 15 is 0 Å². The first-order chi connectivity index (χ1) is 10.0. The first-order valence-corrected chi connectivity index (χ1v) is 7.98. The quantitative estimate of drug-likeness (QED) is 0.890. The maximum Gasteiger partial charge on any atom is 0.285 e. The van der Waals surface area contributed by atoms with Gasteiger partial charge < -0.3 is 4.74 Å². The number of aromatic nitrogens is 2. The molecule has 8 heteroatoms. The van der Waals surface area contributed by atoms with E-state index in [2.05, 4.69) is 5.10 Å². The van der Waals surface area contributed by atoms with Crippen molar-refractivity contribution in [1.82, 2.24) is 14.5 Å². The SMILES string of the molecule is O=C(NS(=O)(=O)Cc1ccccc1)c1cc2n(n1)CCO2. The van der Waals surface area contributed by atoms with Gasteiger partial charge in [0, 0.05) is 6.07 Å². The lowest BCUT2D eigenvalue weighted by Crippen LogP contribution is -2.32. The van der Waals surface area contributed by atoms with E-state index in [1.807, 2.05) is 4.72 Å². The zero-order valence-electron chi connectivity index (χ0n) is 11.0. The Hall–Kier alpha value is -2.35. The predicted molar refractivity (Wildman–Crippen MR) is 74.3 cm³/mol. The number of rotatable bonds is 4. The molecule has 0 saturated carbocycles. The smallest absolute Gasteiger partial charge is 0.285 e. The summed E-state index contributed by atoms with van der Waals surface area (Å²) in [5, 5.41) is 4.00. The summed E-state index contributed by atoms with van der Waals surface area (Å²) in [6.45, 7) is 1.07. The maximum absolute atomic E-state index is 12.0. The summed E-state index contributed by atoms with van der Waals surface area (Å²) >= 11 is 0. The summed E-state index contributed by atoms with van der Waals surface area (Å²) in [6, 6.07) is 10.1. The molecule has 1 aromatic heterocycles. The molecule has 0 unspecified atom stereocenters. The second-order valence-corrected chi connectivity index (χ2v) is 6.34. The van der Waals surface area contributed by atoms with Gasteiger partial charge in [-0.2, -0.15) is 5.10 Å². The molecule has 7 nitrogen and oxygen atoms in total. The topological polar surface area (TPSA) is 90.3 Å². The molecule has 0 spiro atoms. The minimum Gasteiger partial charge on any atom is -0.476 e. The second kappa shape index (κ2) is 5.21. The van der Waals surface area contributed by atoms with Crippen LogP contribution in [-0.2, 0) is 22.3 Å². The molecule has 2 heterocycles. The van der Waals surface area contributed by atoms with Gasteiger partial charge in [0.05, 0.1) is 12.3 Å². The molecule has 0 radical (unpaired) electrons. The van der Waals surface area contributed by atoms with Crippen molar-refractivity contribution in [3.05, 3.63) is 47.7 Å². The van der Waals surface area contributed by atoms with Gasteiger partial charge in [-0.05, 0) is 5.56 Å². The van der Waals surface area contributed by atoms with Crippen LogP contribution in [-0.4, -0.2) is 30.7 Å². The molecule has 1 aliphatic rings. The van der Waals surface area contributed by atoms with E-state index in [0.717, 1.165) is 0 Å². The van der Waals surface area contributed by atoms with Gasteiger partial charge in [0.1, 0.15) is 6.61 Å². The van der Waals surface area contributed by atoms with Crippen LogP contribution in [0.4, 0.5) is 0 Å². The highest BCUT2D eigenvalue weighted by atomic mass is 32.2. The highest BCUT2D eigenvalue weighted by Crippen LogP contribution is 2.18. The molecule has 0 atom stereocenters. The van der Waals surface area contributed by atoms with Gasteiger partial charge in [-0.3, -0.25) is 4.79 Å². The molecule has 110 valence electrons. The van der Waals surface area contributed by atoms with Crippen molar-refractivity contribution in [2.45, 2.75) is 12.3 Å². The minimum atomic E-state index is -3.76. The van der Waals surface area contributed by atoms with Crippen LogP contribution in [0.5, 0.6) is 5.88 Å². The molecule has 1 aliphatic heterocycles. The number of amides is 1. The van der Waals surface area contributed by atoms with Crippen LogP contribution in [0, 0.1) is 0 Å². The number of hydrogen-bond donors (Lipinski definition) is 1. The Morgan fingerprint density at radius 3 is 2.81 bits per heavy atom. The van der Waals surface area contributed by atoms with E-state index in [-0.39, 0.29) is 11.4 Å². The lowest BCUT2D eigenvalue weighted by molar-refractivity contribution is 0.0975. The number of sulfonamides is 1. The third-order valence-electron chi connectivity index (χ3n) is 2.98. The molecule has 1 amide bonds. The Morgan fingerprint density at radius 1 is 1.33 bits per heavy atom. The summed E-state index contributed by atoms with van der Waals surface area (Å²) in [5.41, 5.74) is 0.634. The molecule has 3 rings (SSSR count). The number of benzene rings is 1. The van der Waals surface area contributed by atoms with Crippen molar-refractivity contribution in [3.63, 3.8) is 0 Å². The third-order valence-corrected chi connectivity index (χ3v) is 4.19. The monoisotopic (exact) mass is 307 g/mol. The van der Waals surface area contributed by atoms with E-state index in [1.54, 1.807) is 30.3 Å². The van der Waals surface area contributed by atoms with Gasteiger partial charge in [-0.1, -0.05) is 30.3 Å². The molecule has 1 N–H and O–H groups in total. The van der Waals surface area contributed by atoms with E-state index in [1.165, 1.54) is 10.7 Å². The van der Waals surface area contributed by atoms with Crippen LogP contribution in [0.25, 0.3) is 0 Å². The summed E-state index contributed by atoms with van der Waals surface area (Å²) in [7, 11) is -3.76. The van der Waals surface area contributed by atoms with Crippen molar-refractivity contribution < 1.29 is 17.9 Å².